The largest absolute Gasteiger partial charge is 0.490 e. The number of carbonyl (C=O) groups is 1. The fourth-order valence-electron chi connectivity index (χ4n) is 3.72. The Labute approximate surface area is 153 Å². The van der Waals surface area contributed by atoms with Gasteiger partial charge < -0.3 is 9.47 Å². The molecule has 0 unspecified atom stereocenters. The van der Waals surface area contributed by atoms with E-state index in [1.807, 2.05) is 12.1 Å². The Hall–Kier alpha value is -1.51. The van der Waals surface area contributed by atoms with Crippen LogP contribution in [-0.2, 0) is 9.53 Å². The van der Waals surface area contributed by atoms with Gasteiger partial charge in [0.1, 0.15) is 19.0 Å². The van der Waals surface area contributed by atoms with E-state index in [0.717, 1.165) is 11.7 Å². The number of ether oxygens (including phenoxy) is 2. The number of carbonyl (C=O) groups excluding carboxylic acids is 1. The molecule has 0 bridgehead atoms. The zero-order valence-corrected chi connectivity index (χ0v) is 16.0. The normalized spacial score (nSPS) is 20.2. The van der Waals surface area contributed by atoms with Crippen molar-refractivity contribution in [3.8, 4) is 5.75 Å². The molecule has 0 aliphatic heterocycles. The lowest BCUT2D eigenvalue weighted by Crippen LogP contribution is -2.13. The maximum Gasteiger partial charge on any atom is 0.305 e. The minimum atomic E-state index is -0.177. The summed E-state index contributed by atoms with van der Waals surface area (Å²) in [6, 6.07) is 8.50. The van der Waals surface area contributed by atoms with E-state index in [0.29, 0.717) is 25.6 Å². The van der Waals surface area contributed by atoms with Crippen LogP contribution >= 0.6 is 0 Å². The van der Waals surface area contributed by atoms with Crippen molar-refractivity contribution in [1.29, 1.82) is 0 Å². The number of esters is 1. The molecule has 1 fully saturated rings. The molecule has 0 amide bonds. The lowest BCUT2D eigenvalue weighted by molar-refractivity contribution is -0.143. The van der Waals surface area contributed by atoms with Crippen LogP contribution in [0.5, 0.6) is 5.75 Å². The molecule has 0 saturated heterocycles. The SMILES string of the molecule is CCCCCC1CCC(c2ccc(OCCOC(=O)CC)cc2)CC1. The van der Waals surface area contributed by atoms with Crippen LogP contribution in [0.15, 0.2) is 24.3 Å². The lowest BCUT2D eigenvalue weighted by atomic mass is 9.77. The third kappa shape index (κ3) is 7.09. The Balaban J connectivity index is 1.69. The molecule has 1 aromatic carbocycles. The van der Waals surface area contributed by atoms with Gasteiger partial charge in [-0.05, 0) is 55.2 Å². The van der Waals surface area contributed by atoms with Crippen LogP contribution in [0.25, 0.3) is 0 Å². The zero-order valence-electron chi connectivity index (χ0n) is 16.0. The molecule has 0 aromatic heterocycles. The molecule has 1 aliphatic rings. The molecule has 25 heavy (non-hydrogen) atoms. The van der Waals surface area contributed by atoms with E-state index in [4.69, 9.17) is 9.47 Å². The van der Waals surface area contributed by atoms with Crippen LogP contribution in [0, 0.1) is 5.92 Å². The predicted octanol–water partition coefficient (Wildman–Crippen LogP) is 5.87. The van der Waals surface area contributed by atoms with Crippen molar-refractivity contribution in [3.05, 3.63) is 29.8 Å². The molecule has 3 nitrogen and oxygen atoms in total. The number of rotatable bonds is 10. The molecule has 2 rings (SSSR count). The molecule has 3 heteroatoms. The summed E-state index contributed by atoms with van der Waals surface area (Å²) < 4.78 is 10.7. The Bertz CT molecular complexity index is 486. The highest BCUT2D eigenvalue weighted by Crippen LogP contribution is 2.38. The summed E-state index contributed by atoms with van der Waals surface area (Å²) in [6.07, 6.45) is 11.4. The Morgan fingerprint density at radius 3 is 2.36 bits per heavy atom. The second-order valence-corrected chi connectivity index (χ2v) is 7.20. The molecular formula is C22H34O3. The highest BCUT2D eigenvalue weighted by atomic mass is 16.6. The van der Waals surface area contributed by atoms with Gasteiger partial charge in [0.15, 0.2) is 0 Å². The van der Waals surface area contributed by atoms with E-state index in [-0.39, 0.29) is 5.97 Å². The van der Waals surface area contributed by atoms with Crippen LogP contribution in [0.2, 0.25) is 0 Å². The average molecular weight is 347 g/mol. The average Bonchev–Trinajstić information content (AvgIpc) is 2.66. The fourth-order valence-corrected chi connectivity index (χ4v) is 3.72. The number of hydrogen-bond acceptors (Lipinski definition) is 3. The Morgan fingerprint density at radius 1 is 1.00 bits per heavy atom. The molecule has 0 heterocycles. The lowest BCUT2D eigenvalue weighted by Gasteiger charge is -2.29. The van der Waals surface area contributed by atoms with E-state index in [1.165, 1.54) is 56.9 Å². The first-order chi connectivity index (χ1) is 12.2. The first-order valence-corrected chi connectivity index (χ1v) is 10.1. The van der Waals surface area contributed by atoms with Gasteiger partial charge in [-0.25, -0.2) is 0 Å². The quantitative estimate of drug-likeness (QED) is 0.392. The van der Waals surface area contributed by atoms with Crippen LogP contribution in [0.1, 0.15) is 83.1 Å². The highest BCUT2D eigenvalue weighted by molar-refractivity contribution is 5.68. The number of hydrogen-bond donors (Lipinski definition) is 0. The summed E-state index contributed by atoms with van der Waals surface area (Å²) in [5.74, 6) is 2.34. The van der Waals surface area contributed by atoms with Gasteiger partial charge >= 0.3 is 5.97 Å². The fraction of sp³-hybridized carbons (Fsp3) is 0.682. The summed E-state index contributed by atoms with van der Waals surface area (Å²) >= 11 is 0. The molecule has 0 spiro atoms. The van der Waals surface area contributed by atoms with Gasteiger partial charge in [-0.15, -0.1) is 0 Å². The minimum absolute atomic E-state index is 0.177. The zero-order chi connectivity index (χ0) is 17.9. The number of benzene rings is 1. The summed E-state index contributed by atoms with van der Waals surface area (Å²) in [5, 5.41) is 0. The summed E-state index contributed by atoms with van der Waals surface area (Å²) in [5.41, 5.74) is 1.44. The molecular weight excluding hydrogens is 312 g/mol. The number of unbranched alkanes of at least 4 members (excludes halogenated alkanes) is 2. The molecule has 0 N–H and O–H groups in total. The van der Waals surface area contributed by atoms with Crippen molar-refractivity contribution in [3.63, 3.8) is 0 Å². The van der Waals surface area contributed by atoms with E-state index < -0.39 is 0 Å². The van der Waals surface area contributed by atoms with Crippen LogP contribution in [0.3, 0.4) is 0 Å². The second kappa shape index (κ2) is 11.2. The van der Waals surface area contributed by atoms with E-state index in [1.54, 1.807) is 6.92 Å². The maximum absolute atomic E-state index is 11.1. The van der Waals surface area contributed by atoms with E-state index >= 15 is 0 Å². The monoisotopic (exact) mass is 346 g/mol. The maximum atomic E-state index is 11.1. The van der Waals surface area contributed by atoms with Crippen molar-refractivity contribution in [2.45, 2.75) is 77.6 Å². The molecule has 1 aromatic rings. The van der Waals surface area contributed by atoms with Gasteiger partial charge in [-0.1, -0.05) is 51.7 Å². The van der Waals surface area contributed by atoms with Crippen molar-refractivity contribution in [2.75, 3.05) is 13.2 Å². The van der Waals surface area contributed by atoms with Gasteiger partial charge in [0.25, 0.3) is 0 Å². The minimum Gasteiger partial charge on any atom is -0.490 e. The van der Waals surface area contributed by atoms with E-state index in [2.05, 4.69) is 19.1 Å². The van der Waals surface area contributed by atoms with Gasteiger partial charge in [0.05, 0.1) is 0 Å². The molecule has 1 aliphatic carbocycles. The summed E-state index contributed by atoms with van der Waals surface area (Å²) in [4.78, 5) is 11.1. The van der Waals surface area contributed by atoms with Crippen molar-refractivity contribution in [1.82, 2.24) is 0 Å². The molecule has 0 radical (unpaired) electrons. The third-order valence-corrected chi connectivity index (χ3v) is 5.32. The second-order valence-electron chi connectivity index (χ2n) is 7.20. The summed E-state index contributed by atoms with van der Waals surface area (Å²) in [7, 11) is 0. The molecule has 140 valence electrons. The summed E-state index contributed by atoms with van der Waals surface area (Å²) in [6.45, 7) is 4.80. The van der Waals surface area contributed by atoms with Crippen LogP contribution in [-0.4, -0.2) is 19.2 Å². The Morgan fingerprint density at radius 2 is 1.72 bits per heavy atom. The molecule has 0 atom stereocenters. The Kier molecular flexibility index (Phi) is 8.85. The van der Waals surface area contributed by atoms with Crippen molar-refractivity contribution >= 4 is 5.97 Å². The van der Waals surface area contributed by atoms with Crippen LogP contribution in [0.4, 0.5) is 0 Å². The molecule has 1 saturated carbocycles. The standard InChI is InChI=1S/C22H34O3/c1-3-5-6-7-18-8-10-19(11-9-18)20-12-14-21(15-13-20)24-16-17-25-22(23)4-2/h12-15,18-19H,3-11,16-17H2,1-2H3. The van der Waals surface area contributed by atoms with Gasteiger partial charge in [0, 0.05) is 6.42 Å². The topological polar surface area (TPSA) is 35.5 Å². The van der Waals surface area contributed by atoms with Gasteiger partial charge in [-0.3, -0.25) is 4.79 Å². The smallest absolute Gasteiger partial charge is 0.305 e. The first kappa shape index (κ1) is 19.8. The van der Waals surface area contributed by atoms with Crippen molar-refractivity contribution < 1.29 is 14.3 Å². The predicted molar refractivity (Wildman–Crippen MR) is 102 cm³/mol. The van der Waals surface area contributed by atoms with Gasteiger partial charge in [0.2, 0.25) is 0 Å². The third-order valence-electron chi connectivity index (χ3n) is 5.32. The first-order valence-electron chi connectivity index (χ1n) is 10.1. The van der Waals surface area contributed by atoms with Crippen molar-refractivity contribution in [2.24, 2.45) is 5.92 Å². The highest BCUT2D eigenvalue weighted by Gasteiger charge is 2.21. The van der Waals surface area contributed by atoms with E-state index in [9.17, 15) is 4.79 Å². The van der Waals surface area contributed by atoms with Gasteiger partial charge in [-0.2, -0.15) is 0 Å². The van der Waals surface area contributed by atoms with Crippen LogP contribution < -0.4 is 4.74 Å².